The van der Waals surface area contributed by atoms with E-state index < -0.39 is 22.4 Å². The number of anilines is 1. The Balaban J connectivity index is 1.58. The predicted octanol–water partition coefficient (Wildman–Crippen LogP) is 8.99. The summed E-state index contributed by atoms with van der Waals surface area (Å²) in [6, 6.07) is 11.7. The zero-order valence-electron chi connectivity index (χ0n) is 17.9. The minimum atomic E-state index is -4.74. The van der Waals surface area contributed by atoms with Crippen molar-refractivity contribution in [2.75, 3.05) is 4.90 Å². The molecule has 0 spiro atoms. The van der Waals surface area contributed by atoms with Crippen molar-refractivity contribution >= 4 is 95.1 Å². The van der Waals surface area contributed by atoms with E-state index in [-0.39, 0.29) is 17.4 Å². The van der Waals surface area contributed by atoms with Gasteiger partial charge in [0.1, 0.15) is 5.75 Å². The molecule has 0 atom stereocenters. The molecule has 0 aromatic heterocycles. The number of nitro benzene ring substituents is 1. The predicted molar refractivity (Wildman–Crippen MR) is 147 cm³/mol. The lowest BCUT2D eigenvalue weighted by atomic mass is 10.1. The van der Waals surface area contributed by atoms with Gasteiger partial charge in [0, 0.05) is 10.5 Å². The van der Waals surface area contributed by atoms with Crippen LogP contribution in [0.5, 0.6) is 11.5 Å². The second-order valence-electron chi connectivity index (χ2n) is 7.34. The number of benzene rings is 3. The van der Waals surface area contributed by atoms with Crippen LogP contribution >= 0.6 is 67.4 Å². The van der Waals surface area contributed by atoms with Crippen molar-refractivity contribution in [1.29, 1.82) is 0 Å². The zero-order chi connectivity index (χ0) is 27.1. The molecule has 37 heavy (non-hydrogen) atoms. The van der Waals surface area contributed by atoms with E-state index in [1.807, 2.05) is 0 Å². The SMILES string of the molecule is O=C1/C(=C\c2ccc(Oc3ccc(C(F)(F)F)cc3[N+](=O)[O-])c(Br)c2)SC(=S)N1c1ccc(Br)c(Cl)c1. The van der Waals surface area contributed by atoms with Crippen molar-refractivity contribution in [2.45, 2.75) is 6.18 Å². The molecule has 1 heterocycles. The number of thioether (sulfide) groups is 1. The van der Waals surface area contributed by atoms with Crippen LogP contribution in [0.3, 0.4) is 0 Å². The van der Waals surface area contributed by atoms with Gasteiger partial charge < -0.3 is 4.74 Å². The largest absolute Gasteiger partial charge is 0.449 e. The van der Waals surface area contributed by atoms with Crippen LogP contribution in [0, 0.1) is 10.1 Å². The average Bonchev–Trinajstić information content (AvgIpc) is 3.09. The first kappa shape index (κ1) is 27.6. The molecule has 0 radical (unpaired) electrons. The molecule has 0 saturated carbocycles. The molecule has 1 aliphatic rings. The number of carbonyl (C=O) groups excluding carboxylic acids is 1. The molecule has 0 N–H and O–H groups in total. The van der Waals surface area contributed by atoms with E-state index in [4.69, 9.17) is 28.6 Å². The van der Waals surface area contributed by atoms with Crippen molar-refractivity contribution in [1.82, 2.24) is 0 Å². The van der Waals surface area contributed by atoms with Crippen molar-refractivity contribution in [3.63, 3.8) is 0 Å². The minimum Gasteiger partial charge on any atom is -0.449 e. The van der Waals surface area contributed by atoms with Gasteiger partial charge in [0.25, 0.3) is 5.91 Å². The van der Waals surface area contributed by atoms with Gasteiger partial charge in [-0.1, -0.05) is 41.6 Å². The van der Waals surface area contributed by atoms with Gasteiger partial charge in [-0.2, -0.15) is 13.2 Å². The smallest absolute Gasteiger partial charge is 0.416 e. The fraction of sp³-hybridized carbons (Fsp3) is 0.0435. The fourth-order valence-electron chi connectivity index (χ4n) is 3.20. The van der Waals surface area contributed by atoms with E-state index in [1.165, 1.54) is 11.0 Å². The molecule has 3 aromatic carbocycles. The van der Waals surface area contributed by atoms with Crippen molar-refractivity contribution < 1.29 is 27.6 Å². The molecule has 14 heteroatoms. The molecule has 1 saturated heterocycles. The van der Waals surface area contributed by atoms with Crippen LogP contribution in [0.15, 0.2) is 68.4 Å². The van der Waals surface area contributed by atoms with Crippen LogP contribution < -0.4 is 9.64 Å². The molecular weight excluding hydrogens is 685 g/mol. The lowest BCUT2D eigenvalue weighted by molar-refractivity contribution is -0.385. The van der Waals surface area contributed by atoms with Gasteiger partial charge >= 0.3 is 11.9 Å². The maximum absolute atomic E-state index is 13.0. The Bertz CT molecular complexity index is 1500. The number of hydrogen-bond acceptors (Lipinski definition) is 6. The highest BCUT2D eigenvalue weighted by molar-refractivity contribution is 9.10. The number of nitrogens with zero attached hydrogens (tertiary/aromatic N) is 2. The Morgan fingerprint density at radius 1 is 1.05 bits per heavy atom. The van der Waals surface area contributed by atoms with Gasteiger partial charge in [0.15, 0.2) is 4.32 Å². The Kier molecular flexibility index (Phi) is 8.00. The summed E-state index contributed by atoms with van der Waals surface area (Å²) in [6.07, 6.45) is -3.13. The summed E-state index contributed by atoms with van der Waals surface area (Å²) in [4.78, 5) is 25.1. The van der Waals surface area contributed by atoms with Gasteiger partial charge in [-0.25, -0.2) is 0 Å². The maximum Gasteiger partial charge on any atom is 0.416 e. The van der Waals surface area contributed by atoms with Crippen molar-refractivity contribution in [2.24, 2.45) is 0 Å². The number of amides is 1. The normalized spacial score (nSPS) is 15.0. The highest BCUT2D eigenvalue weighted by Crippen LogP contribution is 2.41. The van der Waals surface area contributed by atoms with E-state index in [0.717, 1.165) is 17.8 Å². The number of alkyl halides is 3. The molecule has 1 fully saturated rings. The van der Waals surface area contributed by atoms with Gasteiger partial charge in [-0.05, 0) is 86.0 Å². The number of ether oxygens (including phenoxy) is 1. The highest BCUT2D eigenvalue weighted by Gasteiger charge is 2.34. The summed E-state index contributed by atoms with van der Waals surface area (Å²) in [6.45, 7) is 0. The second-order valence-corrected chi connectivity index (χ2v) is 11.1. The second kappa shape index (κ2) is 10.7. The van der Waals surface area contributed by atoms with Gasteiger partial charge in [-0.3, -0.25) is 19.8 Å². The Morgan fingerprint density at radius 2 is 1.76 bits per heavy atom. The first-order chi connectivity index (χ1) is 17.3. The number of nitro groups is 1. The first-order valence-electron chi connectivity index (χ1n) is 9.91. The topological polar surface area (TPSA) is 72.7 Å². The molecule has 0 aliphatic carbocycles. The van der Waals surface area contributed by atoms with Crippen LogP contribution in [-0.4, -0.2) is 15.2 Å². The summed E-state index contributed by atoms with van der Waals surface area (Å²) in [7, 11) is 0. The van der Waals surface area contributed by atoms with Gasteiger partial charge in [0.05, 0.1) is 30.6 Å². The third-order valence-corrected chi connectivity index (χ3v) is 8.07. The highest BCUT2D eigenvalue weighted by atomic mass is 79.9. The van der Waals surface area contributed by atoms with Crippen LogP contribution in [0.1, 0.15) is 11.1 Å². The van der Waals surface area contributed by atoms with Crippen LogP contribution in [-0.2, 0) is 11.0 Å². The summed E-state index contributed by atoms with van der Waals surface area (Å²) in [5.74, 6) is -0.581. The van der Waals surface area contributed by atoms with Crippen molar-refractivity contribution in [3.05, 3.63) is 94.7 Å². The molecule has 6 nitrogen and oxygen atoms in total. The molecule has 1 aliphatic heterocycles. The molecule has 190 valence electrons. The van der Waals surface area contributed by atoms with Crippen LogP contribution in [0.2, 0.25) is 5.02 Å². The number of thiocarbonyl (C=S) groups is 1. The third-order valence-electron chi connectivity index (χ3n) is 4.91. The van der Waals surface area contributed by atoms with Crippen LogP contribution in [0.4, 0.5) is 24.5 Å². The Morgan fingerprint density at radius 3 is 2.38 bits per heavy atom. The number of rotatable bonds is 5. The molecule has 1 amide bonds. The standard InChI is InChI=1S/C23H10Br2ClF3N2O4S2/c24-14-4-3-13(10-16(14)26)30-21(32)20(37-22(30)36)8-11-1-5-18(15(25)7-11)35-19-6-2-12(23(27,28)29)9-17(19)31(33)34/h1-10H/b20-8+. The fourth-order valence-corrected chi connectivity index (χ4v) is 5.39. The number of halogens is 6. The van der Waals surface area contributed by atoms with E-state index in [0.29, 0.717) is 46.6 Å². The average molecular weight is 695 g/mol. The molecule has 0 unspecified atom stereocenters. The monoisotopic (exact) mass is 692 g/mol. The number of hydrogen-bond donors (Lipinski definition) is 0. The van der Waals surface area contributed by atoms with Crippen LogP contribution in [0.25, 0.3) is 6.08 Å². The first-order valence-corrected chi connectivity index (χ1v) is 13.1. The van der Waals surface area contributed by atoms with Gasteiger partial charge in [0.2, 0.25) is 5.75 Å². The maximum atomic E-state index is 13.0. The molecule has 3 aromatic rings. The molecular formula is C23H10Br2ClF3N2O4S2. The van der Waals surface area contributed by atoms with Crippen molar-refractivity contribution in [3.8, 4) is 11.5 Å². The van der Waals surface area contributed by atoms with E-state index >= 15 is 0 Å². The summed E-state index contributed by atoms with van der Waals surface area (Å²) >= 11 is 19.2. The molecule has 0 bridgehead atoms. The Hall–Kier alpha value is -2.45. The number of carbonyl (C=O) groups is 1. The van der Waals surface area contributed by atoms with E-state index in [1.54, 1.807) is 36.4 Å². The third kappa shape index (κ3) is 6.01. The van der Waals surface area contributed by atoms with E-state index in [9.17, 15) is 28.1 Å². The summed E-state index contributed by atoms with van der Waals surface area (Å²) in [5.41, 5.74) is -0.899. The van der Waals surface area contributed by atoms with Gasteiger partial charge in [-0.15, -0.1) is 0 Å². The Labute approximate surface area is 238 Å². The summed E-state index contributed by atoms with van der Waals surface area (Å²) in [5, 5.41) is 11.7. The lowest BCUT2D eigenvalue weighted by Crippen LogP contribution is -2.27. The van der Waals surface area contributed by atoms with E-state index in [2.05, 4.69) is 31.9 Å². The molecule has 4 rings (SSSR count). The lowest BCUT2D eigenvalue weighted by Gasteiger charge is -2.15. The summed E-state index contributed by atoms with van der Waals surface area (Å²) < 4.78 is 45.7. The zero-order valence-corrected chi connectivity index (χ0v) is 23.4. The minimum absolute atomic E-state index is 0.122. The quantitative estimate of drug-likeness (QED) is 0.115.